The van der Waals surface area contributed by atoms with E-state index in [1.165, 1.54) is 24.4 Å². The largest absolute Gasteiger partial charge is 0.507 e. The molecule has 0 unspecified atom stereocenters. The molecule has 0 aliphatic carbocycles. The molecule has 0 spiro atoms. The third-order valence-electron chi connectivity index (χ3n) is 3.31. The molecule has 9 heteroatoms. The summed E-state index contributed by atoms with van der Waals surface area (Å²) in [7, 11) is 0. The Bertz CT molecular complexity index is 969. The summed E-state index contributed by atoms with van der Waals surface area (Å²) in [6, 6.07) is 12.6. The molecule has 2 aromatic rings. The Morgan fingerprint density at radius 1 is 1.19 bits per heavy atom. The summed E-state index contributed by atoms with van der Waals surface area (Å²) in [5.41, 5.74) is 0.993. The van der Waals surface area contributed by atoms with Crippen LogP contribution in [0.25, 0.3) is 6.08 Å². The molecular weight excluding hydrogens is 356 g/mol. The van der Waals surface area contributed by atoms with Crippen LogP contribution in [0.4, 0.5) is 5.69 Å². The van der Waals surface area contributed by atoms with Crippen molar-refractivity contribution in [2.75, 3.05) is 0 Å². The number of hydrogen-bond acceptors (Lipinski definition) is 7. The number of nitrogens with zero attached hydrogens (tertiary/aromatic N) is 3. The van der Waals surface area contributed by atoms with Crippen LogP contribution in [0.1, 0.15) is 11.1 Å². The Morgan fingerprint density at radius 3 is 2.77 bits per heavy atom. The zero-order valence-electron chi connectivity index (χ0n) is 13.2. The van der Waals surface area contributed by atoms with Crippen LogP contribution in [0, 0.1) is 10.1 Å². The molecule has 1 amide bonds. The number of benzene rings is 2. The second-order valence-electron chi connectivity index (χ2n) is 5.13. The lowest BCUT2D eigenvalue weighted by atomic mass is 10.2. The number of hydrogen-bond donors (Lipinski definition) is 2. The highest BCUT2D eigenvalue weighted by atomic mass is 32.2. The maximum atomic E-state index is 12.0. The van der Waals surface area contributed by atoms with Crippen molar-refractivity contribution in [3.8, 4) is 5.75 Å². The summed E-state index contributed by atoms with van der Waals surface area (Å²) < 4.78 is 0. The number of phenols is 1. The Kier molecular flexibility index (Phi) is 5.09. The molecule has 130 valence electrons. The number of carbonyl (C=O) groups is 1. The molecule has 1 fully saturated rings. The zero-order valence-corrected chi connectivity index (χ0v) is 14.0. The van der Waals surface area contributed by atoms with Gasteiger partial charge in [0.15, 0.2) is 5.17 Å². The fourth-order valence-corrected chi connectivity index (χ4v) is 2.86. The smallest absolute Gasteiger partial charge is 0.270 e. The average Bonchev–Trinajstić information content (AvgIpc) is 2.97. The van der Waals surface area contributed by atoms with Gasteiger partial charge < -0.3 is 5.11 Å². The number of non-ortho nitro benzene ring substituents is 1. The lowest BCUT2D eigenvalue weighted by molar-refractivity contribution is -0.384. The number of amidine groups is 1. The summed E-state index contributed by atoms with van der Waals surface area (Å²) in [4.78, 5) is 22.6. The minimum atomic E-state index is -0.494. The highest BCUT2D eigenvalue weighted by Gasteiger charge is 2.24. The van der Waals surface area contributed by atoms with Gasteiger partial charge >= 0.3 is 0 Å². The third kappa shape index (κ3) is 4.14. The molecule has 2 N–H and O–H groups in total. The molecule has 26 heavy (non-hydrogen) atoms. The minimum Gasteiger partial charge on any atom is -0.507 e. The second-order valence-corrected chi connectivity index (χ2v) is 6.16. The molecular formula is C17H12N4O4S. The minimum absolute atomic E-state index is 0.0435. The van der Waals surface area contributed by atoms with Gasteiger partial charge in [-0.25, -0.2) is 0 Å². The topological polar surface area (TPSA) is 117 Å². The van der Waals surface area contributed by atoms with E-state index < -0.39 is 4.92 Å². The lowest BCUT2D eigenvalue weighted by Gasteiger charge is -1.97. The van der Waals surface area contributed by atoms with E-state index in [1.54, 1.807) is 36.4 Å². The molecule has 0 saturated carbocycles. The van der Waals surface area contributed by atoms with E-state index in [4.69, 9.17) is 0 Å². The first kappa shape index (κ1) is 17.4. The summed E-state index contributed by atoms with van der Waals surface area (Å²) in [6.45, 7) is 0. The van der Waals surface area contributed by atoms with Gasteiger partial charge in [-0.2, -0.15) is 5.10 Å². The number of para-hydroxylation sites is 1. The average molecular weight is 368 g/mol. The monoisotopic (exact) mass is 368 g/mol. The van der Waals surface area contributed by atoms with Gasteiger partial charge in [0.2, 0.25) is 0 Å². The van der Waals surface area contributed by atoms with Crippen LogP contribution in [-0.2, 0) is 4.79 Å². The number of thioether (sulfide) groups is 1. The summed E-state index contributed by atoms with van der Waals surface area (Å²) in [6.07, 6.45) is 2.92. The molecule has 1 aliphatic rings. The molecule has 2 aromatic carbocycles. The standard InChI is InChI=1S/C17H12N4O4S/c22-14-7-2-1-5-12(14)9-15-16(23)19-17(26-15)20-18-10-11-4-3-6-13(8-11)21(24)25/h1-10,22H,(H,19,20,23)/b15-9-,18-10-. The van der Waals surface area contributed by atoms with Crippen LogP contribution in [0.5, 0.6) is 5.75 Å². The number of nitro benzene ring substituents is 1. The van der Waals surface area contributed by atoms with E-state index in [-0.39, 0.29) is 22.5 Å². The molecule has 1 heterocycles. The van der Waals surface area contributed by atoms with Crippen LogP contribution < -0.4 is 5.32 Å². The molecule has 0 radical (unpaired) electrons. The SMILES string of the molecule is O=C1N/C(=N\N=C/c2cccc([N+](=O)[O-])c2)S/C1=C\c1ccccc1O. The van der Waals surface area contributed by atoms with E-state index in [9.17, 15) is 20.0 Å². The van der Waals surface area contributed by atoms with Crippen LogP contribution in [0.3, 0.4) is 0 Å². The summed E-state index contributed by atoms with van der Waals surface area (Å²) in [5, 5.41) is 31.1. The van der Waals surface area contributed by atoms with E-state index >= 15 is 0 Å². The number of phenolic OH excluding ortho intramolecular Hbond substituents is 1. The van der Waals surface area contributed by atoms with Crippen molar-refractivity contribution < 1.29 is 14.8 Å². The lowest BCUT2D eigenvalue weighted by Crippen LogP contribution is -2.19. The molecule has 1 saturated heterocycles. The molecule has 3 rings (SSSR count). The van der Waals surface area contributed by atoms with Crippen molar-refractivity contribution in [1.82, 2.24) is 5.32 Å². The van der Waals surface area contributed by atoms with Crippen LogP contribution in [-0.4, -0.2) is 27.3 Å². The van der Waals surface area contributed by atoms with Crippen LogP contribution in [0.15, 0.2) is 63.6 Å². The van der Waals surface area contributed by atoms with Gasteiger partial charge in [0, 0.05) is 23.3 Å². The zero-order chi connectivity index (χ0) is 18.5. The van der Waals surface area contributed by atoms with Gasteiger partial charge in [0.05, 0.1) is 16.0 Å². The molecule has 0 aromatic heterocycles. The van der Waals surface area contributed by atoms with Gasteiger partial charge in [0.1, 0.15) is 5.75 Å². The predicted octanol–water partition coefficient (Wildman–Crippen LogP) is 2.89. The van der Waals surface area contributed by atoms with Crippen LogP contribution >= 0.6 is 11.8 Å². The summed E-state index contributed by atoms with van der Waals surface area (Å²) >= 11 is 1.08. The van der Waals surface area contributed by atoms with E-state index in [0.717, 1.165) is 11.8 Å². The van der Waals surface area contributed by atoms with Crippen molar-refractivity contribution >= 4 is 40.8 Å². The van der Waals surface area contributed by atoms with Gasteiger partial charge in [-0.15, -0.1) is 5.10 Å². The first-order valence-corrected chi connectivity index (χ1v) is 8.19. The Labute approximate surface area is 152 Å². The predicted molar refractivity (Wildman–Crippen MR) is 99.9 cm³/mol. The number of aromatic hydroxyl groups is 1. The molecule has 0 atom stereocenters. The quantitative estimate of drug-likeness (QED) is 0.372. The van der Waals surface area contributed by atoms with E-state index in [2.05, 4.69) is 15.5 Å². The van der Waals surface area contributed by atoms with E-state index in [1.807, 2.05) is 0 Å². The fourth-order valence-electron chi connectivity index (χ4n) is 2.09. The van der Waals surface area contributed by atoms with Crippen molar-refractivity contribution in [1.29, 1.82) is 0 Å². The number of rotatable bonds is 4. The summed E-state index contributed by atoms with van der Waals surface area (Å²) in [5.74, 6) is -0.273. The third-order valence-corrected chi connectivity index (χ3v) is 4.21. The normalized spacial score (nSPS) is 17.2. The Hall–Kier alpha value is -3.46. The number of nitro groups is 1. The number of nitrogens with one attached hydrogen (secondary N) is 1. The van der Waals surface area contributed by atoms with Crippen molar-refractivity contribution in [3.05, 3.63) is 74.7 Å². The van der Waals surface area contributed by atoms with Crippen LogP contribution in [0.2, 0.25) is 0 Å². The number of amides is 1. The van der Waals surface area contributed by atoms with E-state index in [0.29, 0.717) is 16.0 Å². The highest BCUT2D eigenvalue weighted by Crippen LogP contribution is 2.28. The van der Waals surface area contributed by atoms with Gasteiger partial charge in [-0.05, 0) is 23.9 Å². The Morgan fingerprint density at radius 2 is 2.00 bits per heavy atom. The van der Waals surface area contributed by atoms with Crippen molar-refractivity contribution in [2.24, 2.45) is 10.2 Å². The fraction of sp³-hybridized carbons (Fsp3) is 0. The first-order valence-electron chi connectivity index (χ1n) is 7.37. The Balaban J connectivity index is 1.73. The van der Waals surface area contributed by atoms with Gasteiger partial charge in [-0.3, -0.25) is 20.2 Å². The van der Waals surface area contributed by atoms with Crippen molar-refractivity contribution in [3.63, 3.8) is 0 Å². The molecule has 8 nitrogen and oxygen atoms in total. The number of carbonyl (C=O) groups excluding carboxylic acids is 1. The second kappa shape index (κ2) is 7.62. The first-order chi connectivity index (χ1) is 12.5. The van der Waals surface area contributed by atoms with Crippen molar-refractivity contribution in [2.45, 2.75) is 0 Å². The molecule has 0 bridgehead atoms. The highest BCUT2D eigenvalue weighted by molar-refractivity contribution is 8.18. The maximum Gasteiger partial charge on any atom is 0.270 e. The van der Waals surface area contributed by atoms with Gasteiger partial charge in [-0.1, -0.05) is 30.3 Å². The van der Waals surface area contributed by atoms with Gasteiger partial charge in [0.25, 0.3) is 11.6 Å². The maximum absolute atomic E-state index is 12.0. The molecule has 1 aliphatic heterocycles.